The van der Waals surface area contributed by atoms with Crippen molar-refractivity contribution in [2.24, 2.45) is 5.92 Å². The van der Waals surface area contributed by atoms with Gasteiger partial charge in [0.2, 0.25) is 5.91 Å². The number of fused-ring (bicyclic) bond motifs is 1. The number of hydrogen-bond acceptors (Lipinski definition) is 7. The molecule has 2 aromatic rings. The Balaban J connectivity index is 1.16. The average Bonchev–Trinajstić information content (AvgIpc) is 3.27. The highest BCUT2D eigenvalue weighted by molar-refractivity contribution is 7.99. The van der Waals surface area contributed by atoms with Crippen molar-refractivity contribution in [3.8, 4) is 0 Å². The molecular weight excluding hydrogens is 489 g/mol. The number of nitrogens with one attached hydrogen (secondary N) is 1. The lowest BCUT2D eigenvalue weighted by molar-refractivity contribution is -0.138. The van der Waals surface area contributed by atoms with Crippen LogP contribution in [0.4, 0.5) is 24.5 Å². The van der Waals surface area contributed by atoms with Crippen LogP contribution in [0.2, 0.25) is 0 Å². The standard InChI is InChI=1S/C25H31F3N6OS/c1-36-24-31-21-14-19(25(26,27)28)2-3-22(21)34(24)20-7-12-33(13-8-20)23(35)18-5-10-32(11-6-18)16-17-4-9-29-30-15-17/h2-4,9,14-15,18,20,24,31H,5-8,10-13,16H2,1H3. The molecule has 2 fully saturated rings. The molecule has 0 bridgehead atoms. The number of likely N-dealkylation sites (tertiary alicyclic amines) is 2. The summed E-state index contributed by atoms with van der Waals surface area (Å²) in [5.74, 6) is 0.303. The second-order valence-corrected chi connectivity index (χ2v) is 10.6. The van der Waals surface area contributed by atoms with E-state index in [2.05, 4.69) is 25.3 Å². The molecule has 1 atom stereocenters. The summed E-state index contributed by atoms with van der Waals surface area (Å²) >= 11 is 1.58. The van der Waals surface area contributed by atoms with Crippen LogP contribution in [0.5, 0.6) is 0 Å². The molecular formula is C25H31F3N6OS. The van der Waals surface area contributed by atoms with Gasteiger partial charge in [0, 0.05) is 37.8 Å². The molecule has 5 rings (SSSR count). The van der Waals surface area contributed by atoms with Crippen LogP contribution in [-0.2, 0) is 17.5 Å². The maximum Gasteiger partial charge on any atom is 0.416 e. The SMILES string of the molecule is CSC1Nc2cc(C(F)(F)F)ccc2N1C1CCN(C(=O)C2CCN(Cc3ccnnc3)CC2)CC1. The van der Waals surface area contributed by atoms with Crippen molar-refractivity contribution in [1.82, 2.24) is 20.0 Å². The van der Waals surface area contributed by atoms with Crippen molar-refractivity contribution in [1.29, 1.82) is 0 Å². The highest BCUT2D eigenvalue weighted by Crippen LogP contribution is 2.44. The minimum atomic E-state index is -4.36. The Morgan fingerprint density at radius 3 is 2.47 bits per heavy atom. The Kier molecular flexibility index (Phi) is 7.30. The summed E-state index contributed by atoms with van der Waals surface area (Å²) in [6.45, 7) is 3.97. The van der Waals surface area contributed by atoms with Crippen molar-refractivity contribution in [2.75, 3.05) is 42.7 Å². The summed E-state index contributed by atoms with van der Waals surface area (Å²) in [5.41, 5.74) is 1.71. The van der Waals surface area contributed by atoms with E-state index in [1.807, 2.05) is 17.2 Å². The number of halogens is 3. The van der Waals surface area contributed by atoms with E-state index >= 15 is 0 Å². The number of nitrogens with zero attached hydrogens (tertiary/aromatic N) is 5. The Morgan fingerprint density at radius 1 is 1.08 bits per heavy atom. The minimum absolute atomic E-state index is 0.0577. The van der Waals surface area contributed by atoms with Crippen LogP contribution in [0.1, 0.15) is 36.8 Å². The van der Waals surface area contributed by atoms with Crippen LogP contribution in [0.3, 0.4) is 0 Å². The fourth-order valence-corrected chi connectivity index (χ4v) is 6.33. The van der Waals surface area contributed by atoms with Crippen LogP contribution >= 0.6 is 11.8 Å². The van der Waals surface area contributed by atoms with Gasteiger partial charge in [0.25, 0.3) is 0 Å². The van der Waals surface area contributed by atoms with E-state index in [1.54, 1.807) is 30.2 Å². The average molecular weight is 521 g/mol. The van der Waals surface area contributed by atoms with E-state index in [-0.39, 0.29) is 23.4 Å². The molecule has 3 aliphatic rings. The quantitative estimate of drug-likeness (QED) is 0.632. The number of amides is 1. The second-order valence-electron chi connectivity index (χ2n) is 9.73. The van der Waals surface area contributed by atoms with Gasteiger partial charge in [-0.2, -0.15) is 23.4 Å². The van der Waals surface area contributed by atoms with Crippen LogP contribution in [0, 0.1) is 5.92 Å². The molecule has 2 saturated heterocycles. The van der Waals surface area contributed by atoms with E-state index in [4.69, 9.17) is 0 Å². The first-order valence-corrected chi connectivity index (χ1v) is 13.7. The first kappa shape index (κ1) is 25.1. The van der Waals surface area contributed by atoms with Crippen molar-refractivity contribution in [2.45, 2.75) is 49.9 Å². The number of alkyl halides is 3. The Hall–Kier alpha value is -2.53. The van der Waals surface area contributed by atoms with Gasteiger partial charge >= 0.3 is 6.18 Å². The molecule has 4 heterocycles. The molecule has 0 spiro atoms. The predicted molar refractivity (Wildman–Crippen MR) is 134 cm³/mol. The van der Waals surface area contributed by atoms with Crippen LogP contribution in [-0.4, -0.2) is 69.9 Å². The molecule has 0 aliphatic carbocycles. The fourth-order valence-electron chi connectivity index (χ4n) is 5.57. The zero-order chi connectivity index (χ0) is 25.3. The largest absolute Gasteiger partial charge is 0.416 e. The van der Waals surface area contributed by atoms with Crippen LogP contribution < -0.4 is 10.2 Å². The molecule has 36 heavy (non-hydrogen) atoms. The summed E-state index contributed by atoms with van der Waals surface area (Å²) in [6, 6.07) is 6.09. The van der Waals surface area contributed by atoms with Gasteiger partial charge in [-0.15, -0.1) is 11.8 Å². The van der Waals surface area contributed by atoms with E-state index in [1.165, 1.54) is 6.07 Å². The van der Waals surface area contributed by atoms with Crippen molar-refractivity contribution in [3.63, 3.8) is 0 Å². The number of carbonyl (C=O) groups excluding carboxylic acids is 1. The Morgan fingerprint density at radius 2 is 1.83 bits per heavy atom. The molecule has 1 amide bonds. The maximum absolute atomic E-state index is 13.2. The summed E-state index contributed by atoms with van der Waals surface area (Å²) in [6.07, 6.45) is 4.40. The molecule has 194 valence electrons. The van der Waals surface area contributed by atoms with Crippen molar-refractivity contribution < 1.29 is 18.0 Å². The van der Waals surface area contributed by atoms with Gasteiger partial charge in [-0.05, 0) is 74.9 Å². The molecule has 7 nitrogen and oxygen atoms in total. The summed E-state index contributed by atoms with van der Waals surface area (Å²) in [4.78, 5) is 19.8. The Labute approximate surface area is 213 Å². The first-order chi connectivity index (χ1) is 17.3. The smallest absolute Gasteiger partial charge is 0.355 e. The second kappa shape index (κ2) is 10.5. The number of benzene rings is 1. The van der Waals surface area contributed by atoms with E-state index in [9.17, 15) is 18.0 Å². The van der Waals surface area contributed by atoms with Gasteiger partial charge in [0.15, 0.2) is 0 Å². The topological polar surface area (TPSA) is 64.6 Å². The number of carbonyl (C=O) groups is 1. The highest BCUT2D eigenvalue weighted by Gasteiger charge is 2.39. The zero-order valence-corrected chi connectivity index (χ0v) is 21.1. The first-order valence-electron chi connectivity index (χ1n) is 12.4. The van der Waals surface area contributed by atoms with Gasteiger partial charge in [-0.1, -0.05) is 0 Å². The molecule has 1 aromatic heterocycles. The molecule has 0 radical (unpaired) electrons. The van der Waals surface area contributed by atoms with E-state index in [0.29, 0.717) is 18.8 Å². The minimum Gasteiger partial charge on any atom is -0.355 e. The van der Waals surface area contributed by atoms with E-state index in [0.717, 1.165) is 62.6 Å². The summed E-state index contributed by atoms with van der Waals surface area (Å²) < 4.78 is 39.6. The van der Waals surface area contributed by atoms with Gasteiger partial charge < -0.3 is 15.1 Å². The lowest BCUT2D eigenvalue weighted by Gasteiger charge is -2.41. The predicted octanol–water partition coefficient (Wildman–Crippen LogP) is 4.28. The molecule has 1 aromatic carbocycles. The van der Waals surface area contributed by atoms with Crippen LogP contribution in [0.25, 0.3) is 0 Å². The monoisotopic (exact) mass is 520 g/mol. The fraction of sp³-hybridized carbons (Fsp3) is 0.560. The highest BCUT2D eigenvalue weighted by atomic mass is 32.2. The number of aromatic nitrogens is 2. The molecule has 11 heteroatoms. The molecule has 3 aliphatic heterocycles. The maximum atomic E-state index is 13.2. The number of hydrogen-bond donors (Lipinski definition) is 1. The lowest BCUT2D eigenvalue weighted by Crippen LogP contribution is -2.51. The number of anilines is 2. The Bertz CT molecular complexity index is 1060. The summed E-state index contributed by atoms with van der Waals surface area (Å²) in [5, 5.41) is 11.0. The number of piperidine rings is 2. The van der Waals surface area contributed by atoms with Crippen molar-refractivity contribution in [3.05, 3.63) is 47.8 Å². The third-order valence-electron chi connectivity index (χ3n) is 7.51. The zero-order valence-electron chi connectivity index (χ0n) is 20.2. The van der Waals surface area contributed by atoms with Gasteiger partial charge in [0.1, 0.15) is 5.50 Å². The number of thioether (sulfide) groups is 1. The third kappa shape index (κ3) is 5.27. The normalized spacial score (nSPS) is 21.9. The van der Waals surface area contributed by atoms with Gasteiger partial charge in [-0.3, -0.25) is 9.69 Å². The lowest BCUT2D eigenvalue weighted by atomic mass is 9.93. The number of rotatable bonds is 5. The van der Waals surface area contributed by atoms with Crippen molar-refractivity contribution >= 4 is 29.0 Å². The molecule has 0 saturated carbocycles. The van der Waals surface area contributed by atoms with Gasteiger partial charge in [-0.25, -0.2) is 0 Å². The molecule has 1 N–H and O–H groups in total. The summed E-state index contributed by atoms with van der Waals surface area (Å²) in [7, 11) is 0. The third-order valence-corrected chi connectivity index (χ3v) is 8.31. The van der Waals surface area contributed by atoms with E-state index < -0.39 is 11.7 Å². The van der Waals surface area contributed by atoms with Gasteiger partial charge in [0.05, 0.1) is 23.1 Å². The molecule has 1 unspecified atom stereocenters. The van der Waals surface area contributed by atoms with Crippen LogP contribution in [0.15, 0.2) is 36.7 Å².